The van der Waals surface area contributed by atoms with E-state index in [0.717, 1.165) is 12.8 Å². The number of hydrogen-bond acceptors (Lipinski definition) is 5. The van der Waals surface area contributed by atoms with Crippen LogP contribution in [0.15, 0.2) is 53.9 Å². The molecular weight excluding hydrogens is 352 g/mol. The summed E-state index contributed by atoms with van der Waals surface area (Å²) in [7, 11) is -3.61. The Morgan fingerprint density at radius 2 is 1.81 bits per heavy atom. The molecule has 2 atom stereocenters. The molecule has 1 amide bonds. The van der Waals surface area contributed by atoms with Crippen LogP contribution in [0.2, 0.25) is 0 Å². The van der Waals surface area contributed by atoms with Crippen LogP contribution in [0.4, 0.5) is 0 Å². The van der Waals surface area contributed by atoms with Gasteiger partial charge in [-0.3, -0.25) is 14.8 Å². The van der Waals surface area contributed by atoms with Gasteiger partial charge in [-0.05, 0) is 43.0 Å². The van der Waals surface area contributed by atoms with Crippen LogP contribution >= 0.6 is 0 Å². The van der Waals surface area contributed by atoms with E-state index in [2.05, 4.69) is 9.97 Å². The van der Waals surface area contributed by atoms with Crippen LogP contribution in [-0.2, 0) is 10.0 Å². The van der Waals surface area contributed by atoms with Crippen molar-refractivity contribution in [3.8, 4) is 0 Å². The van der Waals surface area contributed by atoms with Crippen molar-refractivity contribution < 1.29 is 13.2 Å². The molecular formula is C18H20N4O3S. The van der Waals surface area contributed by atoms with Gasteiger partial charge in [0.1, 0.15) is 4.90 Å². The molecule has 0 spiro atoms. The van der Waals surface area contributed by atoms with Crippen molar-refractivity contribution in [1.82, 2.24) is 19.2 Å². The second kappa shape index (κ2) is 6.77. The minimum atomic E-state index is -3.61. The molecule has 5 heterocycles. The van der Waals surface area contributed by atoms with E-state index in [9.17, 15) is 13.2 Å². The van der Waals surface area contributed by atoms with Crippen LogP contribution in [0.3, 0.4) is 0 Å². The molecule has 3 aliphatic rings. The van der Waals surface area contributed by atoms with Gasteiger partial charge in [-0.2, -0.15) is 4.31 Å². The fourth-order valence-electron chi connectivity index (χ4n) is 3.81. The van der Waals surface area contributed by atoms with E-state index in [0.29, 0.717) is 25.2 Å². The number of pyridine rings is 2. The highest BCUT2D eigenvalue weighted by molar-refractivity contribution is 7.89. The molecule has 8 heteroatoms. The Hall–Kier alpha value is -2.32. The van der Waals surface area contributed by atoms with Crippen molar-refractivity contribution >= 4 is 15.9 Å². The van der Waals surface area contributed by atoms with Crippen LogP contribution in [0.25, 0.3) is 0 Å². The number of carbonyl (C=O) groups is 1. The van der Waals surface area contributed by atoms with Crippen molar-refractivity contribution in [3.63, 3.8) is 0 Å². The van der Waals surface area contributed by atoms with Crippen LogP contribution in [0, 0.1) is 5.92 Å². The van der Waals surface area contributed by atoms with Crippen molar-refractivity contribution in [2.24, 2.45) is 5.92 Å². The molecule has 0 saturated carbocycles. The van der Waals surface area contributed by atoms with Gasteiger partial charge < -0.3 is 4.90 Å². The van der Waals surface area contributed by atoms with Gasteiger partial charge in [0, 0.05) is 56.0 Å². The third-order valence-electron chi connectivity index (χ3n) is 5.12. The number of nitrogens with zero attached hydrogens (tertiary/aromatic N) is 4. The number of piperidine rings is 1. The second-order valence-corrected chi connectivity index (χ2v) is 8.70. The van der Waals surface area contributed by atoms with Crippen molar-refractivity contribution in [2.45, 2.75) is 23.8 Å². The summed E-state index contributed by atoms with van der Waals surface area (Å²) in [4.78, 5) is 22.7. The molecule has 0 aromatic carbocycles. The van der Waals surface area contributed by atoms with Gasteiger partial charge in [-0.1, -0.05) is 0 Å². The van der Waals surface area contributed by atoms with Crippen molar-refractivity contribution in [1.29, 1.82) is 0 Å². The average molecular weight is 372 g/mol. The van der Waals surface area contributed by atoms with E-state index in [-0.39, 0.29) is 22.8 Å². The lowest BCUT2D eigenvalue weighted by Gasteiger charge is -2.34. The third kappa shape index (κ3) is 3.10. The monoisotopic (exact) mass is 372 g/mol. The van der Waals surface area contributed by atoms with E-state index >= 15 is 0 Å². The lowest BCUT2D eigenvalue weighted by atomic mass is 9.97. The Morgan fingerprint density at radius 1 is 1.00 bits per heavy atom. The van der Waals surface area contributed by atoms with E-state index in [1.165, 1.54) is 6.20 Å². The van der Waals surface area contributed by atoms with Gasteiger partial charge in [-0.15, -0.1) is 0 Å². The van der Waals surface area contributed by atoms with Gasteiger partial charge in [0.2, 0.25) is 10.0 Å². The fraction of sp³-hybridized carbons (Fsp3) is 0.389. The number of carbonyl (C=O) groups excluding carboxylic acids is 1. The van der Waals surface area contributed by atoms with Gasteiger partial charge in [-0.25, -0.2) is 8.42 Å². The minimum absolute atomic E-state index is 0.0649. The standard InChI is InChI=1S/C18H20N4O3S/c23-18(15-5-8-19-9-6-15)21-11-14-3-4-16(13-21)22(12-14)26(24,25)17-2-1-7-20-10-17/h1-2,5-10,14,16H,3-4,11-13H2/t14-,16+/m1/s1. The first-order valence-electron chi connectivity index (χ1n) is 8.67. The molecule has 0 radical (unpaired) electrons. The van der Waals surface area contributed by atoms with Gasteiger partial charge >= 0.3 is 0 Å². The summed E-state index contributed by atoms with van der Waals surface area (Å²) in [6, 6.07) is 6.38. The summed E-state index contributed by atoms with van der Waals surface area (Å²) in [6.07, 6.45) is 7.84. The van der Waals surface area contributed by atoms with Gasteiger partial charge in [0.05, 0.1) is 0 Å². The molecule has 3 fully saturated rings. The SMILES string of the molecule is O=C(c1ccncc1)N1C[C@H]2CC[C@@H](C1)N(S(=O)(=O)c1cccnc1)C2. The third-order valence-corrected chi connectivity index (χ3v) is 7.02. The van der Waals surface area contributed by atoms with Crippen LogP contribution < -0.4 is 0 Å². The maximum Gasteiger partial charge on any atom is 0.254 e. The van der Waals surface area contributed by atoms with Crippen LogP contribution in [0.1, 0.15) is 23.2 Å². The molecule has 2 aromatic rings. The number of hydrogen-bond donors (Lipinski definition) is 0. The lowest BCUT2D eigenvalue weighted by Crippen LogP contribution is -2.47. The van der Waals surface area contributed by atoms with Gasteiger partial charge in [0.25, 0.3) is 5.91 Å². The molecule has 2 bridgehead atoms. The number of aromatic nitrogens is 2. The maximum absolute atomic E-state index is 13.1. The number of amides is 1. The highest BCUT2D eigenvalue weighted by atomic mass is 32.2. The summed E-state index contributed by atoms with van der Waals surface area (Å²) >= 11 is 0. The molecule has 5 rings (SSSR count). The Bertz CT molecular complexity index is 889. The average Bonchev–Trinajstić information content (AvgIpc) is 3.01. The van der Waals surface area contributed by atoms with Crippen LogP contribution in [0.5, 0.6) is 0 Å². The highest BCUT2D eigenvalue weighted by Gasteiger charge is 2.42. The Kier molecular flexibility index (Phi) is 4.46. The summed E-state index contributed by atoms with van der Waals surface area (Å²) in [6.45, 7) is 1.44. The zero-order valence-corrected chi connectivity index (χ0v) is 15.0. The van der Waals surface area contributed by atoms with Gasteiger partial charge in [0.15, 0.2) is 0 Å². The highest BCUT2D eigenvalue weighted by Crippen LogP contribution is 2.32. The second-order valence-electron chi connectivity index (χ2n) is 6.81. The quantitative estimate of drug-likeness (QED) is 0.813. The lowest BCUT2D eigenvalue weighted by molar-refractivity contribution is 0.0746. The summed E-state index contributed by atoms with van der Waals surface area (Å²) in [5.41, 5.74) is 0.586. The summed E-state index contributed by atoms with van der Waals surface area (Å²) < 4.78 is 27.7. The first-order chi connectivity index (χ1) is 12.6. The first-order valence-corrected chi connectivity index (χ1v) is 10.1. The van der Waals surface area contributed by atoms with Crippen molar-refractivity contribution in [3.05, 3.63) is 54.6 Å². The molecule has 136 valence electrons. The first kappa shape index (κ1) is 17.1. The molecule has 0 unspecified atom stereocenters. The number of fused-ring (bicyclic) bond motifs is 4. The summed E-state index contributed by atoms with van der Waals surface area (Å²) in [5.74, 6) is 0.0795. The van der Waals surface area contributed by atoms with Crippen LogP contribution in [-0.4, -0.2) is 59.2 Å². The predicted octanol–water partition coefficient (Wildman–Crippen LogP) is 1.40. The Morgan fingerprint density at radius 3 is 2.54 bits per heavy atom. The predicted molar refractivity (Wildman–Crippen MR) is 94.8 cm³/mol. The zero-order chi connectivity index (χ0) is 18.1. The van der Waals surface area contributed by atoms with E-state index < -0.39 is 10.0 Å². The maximum atomic E-state index is 13.1. The zero-order valence-electron chi connectivity index (χ0n) is 14.2. The fourth-order valence-corrected chi connectivity index (χ4v) is 5.50. The van der Waals surface area contributed by atoms with E-state index in [1.54, 1.807) is 52.1 Å². The van der Waals surface area contributed by atoms with Crippen molar-refractivity contribution in [2.75, 3.05) is 19.6 Å². The number of rotatable bonds is 3. The molecule has 3 saturated heterocycles. The minimum Gasteiger partial charge on any atom is -0.337 e. The molecule has 26 heavy (non-hydrogen) atoms. The molecule has 2 aromatic heterocycles. The molecule has 7 nitrogen and oxygen atoms in total. The molecule has 0 aliphatic carbocycles. The summed E-state index contributed by atoms with van der Waals surface area (Å²) in [5, 5.41) is 0. The van der Waals surface area contributed by atoms with E-state index in [1.807, 2.05) is 0 Å². The molecule has 3 aliphatic heterocycles. The normalized spacial score (nSPS) is 23.6. The van der Waals surface area contributed by atoms with E-state index in [4.69, 9.17) is 0 Å². The Labute approximate surface area is 152 Å². The smallest absolute Gasteiger partial charge is 0.254 e. The molecule has 0 N–H and O–H groups in total. The number of sulfonamides is 1. The Balaban J connectivity index is 1.60. The topological polar surface area (TPSA) is 83.5 Å². The largest absolute Gasteiger partial charge is 0.337 e.